The topological polar surface area (TPSA) is 46.5 Å². The number of hydrogen-bond acceptors (Lipinski definition) is 3. The zero-order chi connectivity index (χ0) is 13.9. The van der Waals surface area contributed by atoms with E-state index >= 15 is 0 Å². The van der Waals surface area contributed by atoms with E-state index < -0.39 is 0 Å². The fourth-order valence-electron chi connectivity index (χ4n) is 2.69. The molecule has 0 aromatic carbocycles. The summed E-state index contributed by atoms with van der Waals surface area (Å²) in [6, 6.07) is 0. The van der Waals surface area contributed by atoms with Crippen molar-refractivity contribution < 1.29 is 14.6 Å². The Morgan fingerprint density at radius 1 is 1.16 bits per heavy atom. The van der Waals surface area contributed by atoms with Crippen LogP contribution in [0.1, 0.15) is 77.6 Å². The Morgan fingerprint density at radius 3 is 2.37 bits per heavy atom. The molecule has 0 spiro atoms. The second kappa shape index (κ2) is 10.2. The molecule has 1 fully saturated rings. The van der Waals surface area contributed by atoms with E-state index in [4.69, 9.17) is 4.74 Å². The van der Waals surface area contributed by atoms with Crippen molar-refractivity contribution >= 4 is 5.97 Å². The Balaban J connectivity index is 1.92. The van der Waals surface area contributed by atoms with E-state index in [1.807, 2.05) is 0 Å². The van der Waals surface area contributed by atoms with Crippen LogP contribution in [0.5, 0.6) is 0 Å². The minimum atomic E-state index is -0.284. The van der Waals surface area contributed by atoms with Gasteiger partial charge in [0.25, 0.3) is 0 Å². The van der Waals surface area contributed by atoms with Crippen LogP contribution in [-0.4, -0.2) is 23.8 Å². The molecule has 1 rings (SSSR count). The van der Waals surface area contributed by atoms with Crippen molar-refractivity contribution in [2.24, 2.45) is 5.92 Å². The summed E-state index contributed by atoms with van der Waals surface area (Å²) in [7, 11) is 0. The number of unbranched alkanes of at least 4 members (excludes halogenated alkanes) is 7. The number of esters is 1. The number of carbonyl (C=O) groups excluding carboxylic acids is 1. The van der Waals surface area contributed by atoms with Gasteiger partial charge in [-0.3, -0.25) is 4.79 Å². The molecule has 19 heavy (non-hydrogen) atoms. The minimum Gasteiger partial charge on any atom is -0.465 e. The van der Waals surface area contributed by atoms with Gasteiger partial charge in [0.1, 0.15) is 0 Å². The Hall–Kier alpha value is -0.570. The van der Waals surface area contributed by atoms with Gasteiger partial charge in [0, 0.05) is 12.3 Å². The second-order valence-electron chi connectivity index (χ2n) is 5.81. The highest BCUT2D eigenvalue weighted by atomic mass is 16.5. The third-order valence-electron chi connectivity index (χ3n) is 4.08. The van der Waals surface area contributed by atoms with Crippen LogP contribution in [0.25, 0.3) is 0 Å². The second-order valence-corrected chi connectivity index (χ2v) is 5.81. The first kappa shape index (κ1) is 16.5. The Kier molecular flexibility index (Phi) is 8.89. The predicted octanol–water partition coefficient (Wildman–Crippen LogP) is 3.83. The lowest BCUT2D eigenvalue weighted by atomic mass is 9.92. The standard InChI is InChI=1S/C16H30O3/c1-2-3-4-5-6-7-8-9-10-15(17)14-11-12-16(18)19-13-14/h14-15,17H,2-13H2,1H3/t14-,15+/m1/s1. The zero-order valence-corrected chi connectivity index (χ0v) is 12.4. The molecular weight excluding hydrogens is 240 g/mol. The minimum absolute atomic E-state index is 0.115. The normalized spacial score (nSPS) is 21.2. The van der Waals surface area contributed by atoms with Gasteiger partial charge in [0.15, 0.2) is 0 Å². The maximum atomic E-state index is 10.9. The first-order valence-corrected chi connectivity index (χ1v) is 8.07. The Morgan fingerprint density at radius 2 is 1.79 bits per heavy atom. The van der Waals surface area contributed by atoms with Crippen molar-refractivity contribution in [3.8, 4) is 0 Å². The third-order valence-corrected chi connectivity index (χ3v) is 4.08. The zero-order valence-electron chi connectivity index (χ0n) is 12.4. The quantitative estimate of drug-likeness (QED) is 0.485. The lowest BCUT2D eigenvalue weighted by Gasteiger charge is -2.26. The molecule has 112 valence electrons. The molecule has 0 aromatic rings. The van der Waals surface area contributed by atoms with Crippen LogP contribution in [-0.2, 0) is 9.53 Å². The van der Waals surface area contributed by atoms with Crippen molar-refractivity contribution in [3.63, 3.8) is 0 Å². The molecular formula is C16H30O3. The highest BCUT2D eigenvalue weighted by Gasteiger charge is 2.25. The summed E-state index contributed by atoms with van der Waals surface area (Å²) in [5, 5.41) is 10.0. The summed E-state index contributed by atoms with van der Waals surface area (Å²) in [6.45, 7) is 2.65. The largest absolute Gasteiger partial charge is 0.465 e. The van der Waals surface area contributed by atoms with Crippen LogP contribution in [0.2, 0.25) is 0 Å². The number of rotatable bonds is 10. The SMILES string of the molecule is CCCCCCCCCC[C@H](O)[C@@H]1CCC(=O)OC1. The molecule has 0 aromatic heterocycles. The molecule has 0 saturated carbocycles. The molecule has 3 heteroatoms. The van der Waals surface area contributed by atoms with Gasteiger partial charge < -0.3 is 9.84 Å². The molecule has 1 N–H and O–H groups in total. The van der Waals surface area contributed by atoms with Crippen LogP contribution in [0.15, 0.2) is 0 Å². The van der Waals surface area contributed by atoms with Crippen molar-refractivity contribution in [1.29, 1.82) is 0 Å². The Labute approximate surface area is 117 Å². The monoisotopic (exact) mass is 270 g/mol. The van der Waals surface area contributed by atoms with E-state index in [1.165, 1.54) is 44.9 Å². The molecule has 0 radical (unpaired) electrons. The van der Waals surface area contributed by atoms with E-state index in [-0.39, 0.29) is 18.0 Å². The van der Waals surface area contributed by atoms with Crippen LogP contribution in [0.4, 0.5) is 0 Å². The maximum Gasteiger partial charge on any atom is 0.305 e. The summed E-state index contributed by atoms with van der Waals surface area (Å²) in [5.74, 6) is 0.0535. The van der Waals surface area contributed by atoms with E-state index in [9.17, 15) is 9.90 Å². The lowest BCUT2D eigenvalue weighted by molar-refractivity contribution is -0.152. The van der Waals surface area contributed by atoms with Crippen molar-refractivity contribution in [2.75, 3.05) is 6.61 Å². The first-order chi connectivity index (χ1) is 9.24. The highest BCUT2D eigenvalue weighted by Crippen LogP contribution is 2.22. The smallest absolute Gasteiger partial charge is 0.305 e. The molecule has 1 aliphatic rings. The number of hydrogen-bond donors (Lipinski definition) is 1. The van der Waals surface area contributed by atoms with Gasteiger partial charge in [-0.05, 0) is 12.8 Å². The summed E-state index contributed by atoms with van der Waals surface area (Å²) in [4.78, 5) is 10.9. The van der Waals surface area contributed by atoms with Crippen molar-refractivity contribution in [3.05, 3.63) is 0 Å². The maximum absolute atomic E-state index is 10.9. The molecule has 1 aliphatic heterocycles. The van der Waals surface area contributed by atoms with Gasteiger partial charge >= 0.3 is 5.97 Å². The van der Waals surface area contributed by atoms with Crippen LogP contribution in [0.3, 0.4) is 0 Å². The van der Waals surface area contributed by atoms with E-state index in [1.54, 1.807) is 0 Å². The molecule has 0 bridgehead atoms. The average Bonchev–Trinajstić information content (AvgIpc) is 2.42. The molecule has 2 atom stereocenters. The van der Waals surface area contributed by atoms with Gasteiger partial charge in [-0.1, -0.05) is 58.3 Å². The van der Waals surface area contributed by atoms with Gasteiger partial charge in [0.2, 0.25) is 0 Å². The molecule has 0 aliphatic carbocycles. The summed E-state index contributed by atoms with van der Waals surface area (Å²) in [6.07, 6.45) is 12.2. The van der Waals surface area contributed by atoms with E-state index in [2.05, 4.69) is 6.92 Å². The first-order valence-electron chi connectivity index (χ1n) is 8.07. The highest BCUT2D eigenvalue weighted by molar-refractivity contribution is 5.69. The number of aliphatic hydroxyl groups excluding tert-OH is 1. The van der Waals surface area contributed by atoms with Crippen molar-refractivity contribution in [2.45, 2.75) is 83.7 Å². The number of carbonyl (C=O) groups is 1. The van der Waals surface area contributed by atoms with Gasteiger partial charge in [-0.2, -0.15) is 0 Å². The van der Waals surface area contributed by atoms with Gasteiger partial charge in [0.05, 0.1) is 12.7 Å². The number of ether oxygens (including phenoxy) is 1. The fraction of sp³-hybridized carbons (Fsp3) is 0.938. The molecule has 3 nitrogen and oxygen atoms in total. The molecule has 0 amide bonds. The van der Waals surface area contributed by atoms with E-state index in [0.717, 1.165) is 19.3 Å². The average molecular weight is 270 g/mol. The number of aliphatic hydroxyl groups is 1. The van der Waals surface area contributed by atoms with Gasteiger partial charge in [-0.25, -0.2) is 0 Å². The molecule has 0 unspecified atom stereocenters. The summed E-state index contributed by atoms with van der Waals surface area (Å²) in [5.41, 5.74) is 0. The number of cyclic esters (lactones) is 1. The van der Waals surface area contributed by atoms with E-state index in [0.29, 0.717) is 13.0 Å². The lowest BCUT2D eigenvalue weighted by Crippen LogP contribution is -2.31. The summed E-state index contributed by atoms with van der Waals surface area (Å²) >= 11 is 0. The summed E-state index contributed by atoms with van der Waals surface area (Å²) < 4.78 is 5.00. The molecule has 1 saturated heterocycles. The van der Waals surface area contributed by atoms with Crippen molar-refractivity contribution in [1.82, 2.24) is 0 Å². The third kappa shape index (κ3) is 7.56. The van der Waals surface area contributed by atoms with Crippen LogP contribution in [0, 0.1) is 5.92 Å². The molecule has 1 heterocycles. The predicted molar refractivity (Wildman–Crippen MR) is 76.9 cm³/mol. The van der Waals surface area contributed by atoms with Gasteiger partial charge in [-0.15, -0.1) is 0 Å². The van der Waals surface area contributed by atoms with Crippen LogP contribution >= 0.6 is 0 Å². The Bertz CT molecular complexity index is 230. The fourth-order valence-corrected chi connectivity index (χ4v) is 2.69. The van der Waals surface area contributed by atoms with Crippen LogP contribution < -0.4 is 0 Å².